The first-order chi connectivity index (χ1) is 7.37. The molecule has 1 N–H and O–H groups in total. The zero-order valence-corrected chi connectivity index (χ0v) is 12.4. The number of alkyl halides is 1. The van der Waals surface area contributed by atoms with Gasteiger partial charge in [0, 0.05) is 25.0 Å². The van der Waals surface area contributed by atoms with Gasteiger partial charge in [-0.25, -0.2) is 4.72 Å². The largest absolute Gasteiger partial charge is 0.279 e. The molecule has 0 radical (unpaired) electrons. The second-order valence-corrected chi connectivity index (χ2v) is 7.40. The molecule has 0 aromatic rings. The summed E-state index contributed by atoms with van der Waals surface area (Å²) in [6, 6.07) is 0. The Morgan fingerprint density at radius 1 is 1.25 bits per heavy atom. The molecule has 0 bridgehead atoms. The van der Waals surface area contributed by atoms with Crippen molar-refractivity contribution in [2.45, 2.75) is 33.1 Å². The highest BCUT2D eigenvalue weighted by Crippen LogP contribution is 2.18. The third-order valence-electron chi connectivity index (χ3n) is 2.75. The number of halogens is 1. The van der Waals surface area contributed by atoms with Crippen molar-refractivity contribution < 1.29 is 8.42 Å². The van der Waals surface area contributed by atoms with Gasteiger partial charge in [-0.15, -0.1) is 0 Å². The molecular formula is C10H21BrN2O2S. The van der Waals surface area contributed by atoms with E-state index in [0.717, 1.165) is 24.6 Å². The van der Waals surface area contributed by atoms with Crippen molar-refractivity contribution in [3.63, 3.8) is 0 Å². The van der Waals surface area contributed by atoms with E-state index in [2.05, 4.69) is 20.7 Å². The van der Waals surface area contributed by atoms with Gasteiger partial charge in [0.1, 0.15) is 0 Å². The third kappa shape index (κ3) is 4.31. The highest BCUT2D eigenvalue weighted by atomic mass is 79.9. The summed E-state index contributed by atoms with van der Waals surface area (Å²) in [5.74, 6) is 0. The first-order valence-electron chi connectivity index (χ1n) is 5.68. The van der Waals surface area contributed by atoms with Gasteiger partial charge in [0.25, 0.3) is 10.2 Å². The van der Waals surface area contributed by atoms with Crippen LogP contribution in [0.5, 0.6) is 0 Å². The summed E-state index contributed by atoms with van der Waals surface area (Å²) >= 11 is 3.39. The van der Waals surface area contributed by atoms with Crippen molar-refractivity contribution in [3.05, 3.63) is 0 Å². The maximum atomic E-state index is 11.9. The number of hydrogen-bond acceptors (Lipinski definition) is 2. The Morgan fingerprint density at radius 2 is 1.81 bits per heavy atom. The van der Waals surface area contributed by atoms with Crippen LogP contribution >= 0.6 is 15.9 Å². The molecule has 0 aromatic carbocycles. The number of hydrogen-bond donors (Lipinski definition) is 1. The van der Waals surface area contributed by atoms with E-state index >= 15 is 0 Å². The number of nitrogens with zero attached hydrogens (tertiary/aromatic N) is 1. The van der Waals surface area contributed by atoms with Crippen LogP contribution in [-0.4, -0.2) is 37.7 Å². The summed E-state index contributed by atoms with van der Waals surface area (Å²) in [6.07, 6.45) is 3.09. The zero-order chi connectivity index (χ0) is 12.2. The predicted octanol–water partition coefficient (Wildman–Crippen LogP) is 1.73. The van der Waals surface area contributed by atoms with Gasteiger partial charge in [0.05, 0.1) is 0 Å². The molecule has 0 amide bonds. The lowest BCUT2D eigenvalue weighted by atomic mass is 9.98. The molecule has 1 fully saturated rings. The second kappa shape index (κ2) is 5.80. The van der Waals surface area contributed by atoms with Crippen LogP contribution in [0.1, 0.15) is 33.1 Å². The summed E-state index contributed by atoms with van der Waals surface area (Å²) < 4.78 is 28.1. The van der Waals surface area contributed by atoms with Crippen LogP contribution in [0.15, 0.2) is 0 Å². The molecule has 1 aliphatic rings. The molecule has 0 aliphatic carbocycles. The molecule has 0 atom stereocenters. The number of nitrogens with one attached hydrogen (secondary N) is 1. The standard InChI is InChI=1S/C10H21BrN2O2S/c1-10(2,8-11)9-12-16(14,15)13-6-4-3-5-7-13/h12H,3-9H2,1-2H3. The Labute approximate surface area is 107 Å². The minimum absolute atomic E-state index is 0.0527. The molecule has 1 rings (SSSR count). The second-order valence-electron chi connectivity index (χ2n) is 5.08. The summed E-state index contributed by atoms with van der Waals surface area (Å²) in [7, 11) is -3.26. The van der Waals surface area contributed by atoms with Crippen LogP contribution < -0.4 is 4.72 Å². The first kappa shape index (κ1) is 14.4. The molecule has 0 saturated carbocycles. The van der Waals surface area contributed by atoms with E-state index in [1.54, 1.807) is 4.31 Å². The van der Waals surface area contributed by atoms with Crippen molar-refractivity contribution in [2.75, 3.05) is 25.0 Å². The van der Waals surface area contributed by atoms with Crippen molar-refractivity contribution in [3.8, 4) is 0 Å². The van der Waals surface area contributed by atoms with Gasteiger partial charge in [0.15, 0.2) is 0 Å². The Kier molecular flexibility index (Phi) is 5.22. The van der Waals surface area contributed by atoms with Gasteiger partial charge in [-0.3, -0.25) is 0 Å². The number of piperidine rings is 1. The fourth-order valence-electron chi connectivity index (χ4n) is 1.53. The molecule has 0 spiro atoms. The molecule has 6 heteroatoms. The summed E-state index contributed by atoms with van der Waals surface area (Å²) in [5, 5.41) is 0.780. The quantitative estimate of drug-likeness (QED) is 0.786. The minimum Gasteiger partial charge on any atom is -0.202 e. The fourth-order valence-corrected chi connectivity index (χ4v) is 3.22. The Hall–Kier alpha value is 0.350. The van der Waals surface area contributed by atoms with Crippen molar-refractivity contribution in [1.82, 2.24) is 9.03 Å². The SMILES string of the molecule is CC(C)(CBr)CNS(=O)(=O)N1CCCCC1. The monoisotopic (exact) mass is 312 g/mol. The average Bonchev–Trinajstić information content (AvgIpc) is 2.28. The van der Waals surface area contributed by atoms with E-state index < -0.39 is 10.2 Å². The lowest BCUT2D eigenvalue weighted by Gasteiger charge is -2.28. The van der Waals surface area contributed by atoms with E-state index in [9.17, 15) is 8.42 Å². The zero-order valence-electron chi connectivity index (χ0n) is 10.00. The van der Waals surface area contributed by atoms with Gasteiger partial charge in [-0.2, -0.15) is 12.7 Å². The van der Waals surface area contributed by atoms with Crippen LogP contribution in [0.2, 0.25) is 0 Å². The van der Waals surface area contributed by atoms with Crippen LogP contribution in [0, 0.1) is 5.41 Å². The van der Waals surface area contributed by atoms with E-state index in [-0.39, 0.29) is 5.41 Å². The van der Waals surface area contributed by atoms with Crippen molar-refractivity contribution in [1.29, 1.82) is 0 Å². The van der Waals surface area contributed by atoms with E-state index in [0.29, 0.717) is 19.6 Å². The summed E-state index contributed by atoms with van der Waals surface area (Å²) in [5.41, 5.74) is -0.0527. The topological polar surface area (TPSA) is 49.4 Å². The fraction of sp³-hybridized carbons (Fsp3) is 1.00. The molecule has 1 heterocycles. The molecule has 0 aromatic heterocycles. The van der Waals surface area contributed by atoms with Gasteiger partial charge in [-0.05, 0) is 18.3 Å². The summed E-state index contributed by atoms with van der Waals surface area (Å²) in [6.45, 7) is 5.84. The molecule has 16 heavy (non-hydrogen) atoms. The average molecular weight is 313 g/mol. The maximum absolute atomic E-state index is 11.9. The van der Waals surface area contributed by atoms with Gasteiger partial charge in [0.2, 0.25) is 0 Å². The van der Waals surface area contributed by atoms with Crippen LogP contribution in [-0.2, 0) is 10.2 Å². The molecule has 96 valence electrons. The van der Waals surface area contributed by atoms with E-state index in [4.69, 9.17) is 0 Å². The van der Waals surface area contributed by atoms with Crippen LogP contribution in [0.4, 0.5) is 0 Å². The molecule has 0 unspecified atom stereocenters. The highest BCUT2D eigenvalue weighted by Gasteiger charge is 2.26. The summed E-state index contributed by atoms with van der Waals surface area (Å²) in [4.78, 5) is 0. The Morgan fingerprint density at radius 3 is 2.31 bits per heavy atom. The minimum atomic E-state index is -3.26. The lowest BCUT2D eigenvalue weighted by molar-refractivity contribution is 0.334. The molecule has 1 saturated heterocycles. The van der Waals surface area contributed by atoms with Gasteiger partial charge in [-0.1, -0.05) is 36.2 Å². The lowest BCUT2D eigenvalue weighted by Crippen LogP contribution is -2.46. The van der Waals surface area contributed by atoms with Crippen LogP contribution in [0.3, 0.4) is 0 Å². The van der Waals surface area contributed by atoms with Crippen molar-refractivity contribution in [2.24, 2.45) is 5.41 Å². The molecule has 1 aliphatic heterocycles. The van der Waals surface area contributed by atoms with Crippen LogP contribution in [0.25, 0.3) is 0 Å². The maximum Gasteiger partial charge on any atom is 0.279 e. The Bertz CT molecular complexity index is 311. The smallest absolute Gasteiger partial charge is 0.202 e. The first-order valence-corrected chi connectivity index (χ1v) is 8.24. The highest BCUT2D eigenvalue weighted by molar-refractivity contribution is 9.09. The number of rotatable bonds is 5. The normalized spacial score (nSPS) is 19.9. The molecular weight excluding hydrogens is 292 g/mol. The predicted molar refractivity (Wildman–Crippen MR) is 69.9 cm³/mol. The van der Waals surface area contributed by atoms with Crippen molar-refractivity contribution >= 4 is 26.1 Å². The van der Waals surface area contributed by atoms with Gasteiger partial charge >= 0.3 is 0 Å². The third-order valence-corrected chi connectivity index (χ3v) is 5.82. The van der Waals surface area contributed by atoms with E-state index in [1.807, 2.05) is 13.8 Å². The molecule has 4 nitrogen and oxygen atoms in total. The van der Waals surface area contributed by atoms with E-state index in [1.165, 1.54) is 0 Å². The Balaban J connectivity index is 2.51. The van der Waals surface area contributed by atoms with Gasteiger partial charge < -0.3 is 0 Å².